The lowest BCUT2D eigenvalue weighted by atomic mass is 9.45. The van der Waals surface area contributed by atoms with E-state index in [0.29, 0.717) is 89.4 Å². The van der Waals surface area contributed by atoms with Gasteiger partial charge < -0.3 is 45.4 Å². The van der Waals surface area contributed by atoms with Crippen LogP contribution < -0.4 is 10.6 Å². The standard InChI is InChI=1S/C54H82N2O9/c1-36(2)29-47(60)65-35-45(46-19-22-54(50(46)61)49-42(20-27-58)17-18-44(48(49)39(5)34-59)33-53(54,63)23-25-55-6)14-8-11-37(3)43-16-15-38(4)51(62)56-52(21-10-26-57,24-28-64-7)32-41-13-9-12-40(30-41)31-43/h8-9,11-15,17-18,30,34,36,42-44,46-47,49-51,55-58,60-63H,3,10,16,19-29,31-33,35H2,1-2,4-7H3/b11-8+,38-15+,45-14-,48-39?/t42-,43-,44-,46-,47-,49-,50+,51+,52-,53+,54+/m0/s1. The zero-order valence-corrected chi connectivity index (χ0v) is 40.2. The van der Waals surface area contributed by atoms with E-state index in [4.69, 9.17) is 9.47 Å². The molecule has 0 radical (unpaired) electrons. The van der Waals surface area contributed by atoms with Crippen molar-refractivity contribution >= 4 is 6.29 Å². The molecule has 0 saturated heterocycles. The van der Waals surface area contributed by atoms with E-state index in [0.717, 1.165) is 40.6 Å². The number of benzene rings is 1. The average Bonchev–Trinajstić information content (AvgIpc) is 3.62. The first-order valence-corrected chi connectivity index (χ1v) is 24.3. The van der Waals surface area contributed by atoms with Gasteiger partial charge in [-0.2, -0.15) is 0 Å². The van der Waals surface area contributed by atoms with Gasteiger partial charge in [-0.3, -0.25) is 10.1 Å². The molecule has 1 heterocycles. The molecule has 4 aliphatic rings. The fourth-order valence-electron chi connectivity index (χ4n) is 11.9. The molecule has 5 rings (SSSR count). The summed E-state index contributed by atoms with van der Waals surface area (Å²) in [6.07, 6.45) is 17.0. The topological polar surface area (TPSA) is 181 Å². The molecule has 11 nitrogen and oxygen atoms in total. The Labute approximate surface area is 389 Å². The number of hydrogen-bond donors (Lipinski definition) is 8. The van der Waals surface area contributed by atoms with E-state index in [2.05, 4.69) is 59.7 Å². The molecular formula is C54H82N2O9. The van der Waals surface area contributed by atoms with Crippen molar-refractivity contribution in [1.29, 1.82) is 0 Å². The van der Waals surface area contributed by atoms with Crippen LogP contribution in [-0.4, -0.2) is 114 Å². The molecule has 1 aromatic carbocycles. The second-order valence-electron chi connectivity index (χ2n) is 20.2. The van der Waals surface area contributed by atoms with Crippen LogP contribution in [0.25, 0.3) is 0 Å². The SMILES string of the molecule is C=C(/C=C/C=C(/CO[C@H](O)CC(C)C)[C@@H]1CC[C@]2([C@@H]1O)[C@@H]1C(=C(C)C=O)[C@@H](C=C[C@H]1CCO)C[C@]2(O)CCNC)[C@H]1C/C=C(\C)[C@@H](O)N[C@@](CCCO)(CCOC)Cc2cccc(c2)C1. The summed E-state index contributed by atoms with van der Waals surface area (Å²) < 4.78 is 11.6. The fraction of sp³-hybridized carbons (Fsp3) is 0.648. The molecule has 0 unspecified atom stereocenters. The van der Waals surface area contributed by atoms with E-state index in [9.17, 15) is 35.4 Å². The first kappa shape index (κ1) is 52.9. The van der Waals surface area contributed by atoms with Crippen molar-refractivity contribution in [3.8, 4) is 0 Å². The smallest absolute Gasteiger partial charge is 0.155 e. The molecule has 0 amide bonds. The summed E-state index contributed by atoms with van der Waals surface area (Å²) in [5, 5.41) is 75.4. The lowest BCUT2D eigenvalue weighted by Crippen LogP contribution is -2.65. The van der Waals surface area contributed by atoms with Gasteiger partial charge in [0, 0.05) is 56.1 Å². The van der Waals surface area contributed by atoms with E-state index in [1.54, 1.807) is 7.11 Å². The maximum Gasteiger partial charge on any atom is 0.155 e. The van der Waals surface area contributed by atoms with Gasteiger partial charge in [0.25, 0.3) is 0 Å². The summed E-state index contributed by atoms with van der Waals surface area (Å²) in [6.45, 7) is 13.5. The predicted molar refractivity (Wildman–Crippen MR) is 258 cm³/mol. The molecule has 0 aromatic heterocycles. The number of carbonyl (C=O) groups is 1. The van der Waals surface area contributed by atoms with Gasteiger partial charge in [-0.25, -0.2) is 0 Å². The zero-order chi connectivity index (χ0) is 47.4. The Morgan fingerprint density at radius 1 is 1.11 bits per heavy atom. The second kappa shape index (κ2) is 24.3. The van der Waals surface area contributed by atoms with Crippen LogP contribution in [0.1, 0.15) is 103 Å². The number of fused-ring (bicyclic) bond motifs is 5. The van der Waals surface area contributed by atoms with E-state index >= 15 is 0 Å². The van der Waals surface area contributed by atoms with Gasteiger partial charge in [0.1, 0.15) is 12.5 Å². The Kier molecular flexibility index (Phi) is 19.8. The van der Waals surface area contributed by atoms with Crippen LogP contribution in [0.15, 0.2) is 95.2 Å². The Morgan fingerprint density at radius 3 is 2.57 bits per heavy atom. The fourth-order valence-corrected chi connectivity index (χ4v) is 11.9. The monoisotopic (exact) mass is 903 g/mol. The summed E-state index contributed by atoms with van der Waals surface area (Å²) >= 11 is 0. The average molecular weight is 903 g/mol. The van der Waals surface area contributed by atoms with Crippen LogP contribution >= 0.6 is 0 Å². The Morgan fingerprint density at radius 2 is 1.88 bits per heavy atom. The minimum atomic E-state index is -1.28. The quantitative estimate of drug-likeness (QED) is 0.0224. The summed E-state index contributed by atoms with van der Waals surface area (Å²) in [7, 11) is 3.54. The van der Waals surface area contributed by atoms with Gasteiger partial charge >= 0.3 is 0 Å². The highest BCUT2D eigenvalue weighted by molar-refractivity contribution is 5.74. The van der Waals surface area contributed by atoms with Crippen molar-refractivity contribution in [2.45, 2.75) is 135 Å². The summed E-state index contributed by atoms with van der Waals surface area (Å²) in [6, 6.07) is 8.59. The first-order valence-electron chi connectivity index (χ1n) is 24.3. The number of methoxy groups -OCH3 is 1. The molecule has 1 spiro atoms. The molecule has 65 heavy (non-hydrogen) atoms. The van der Waals surface area contributed by atoms with Gasteiger partial charge in [-0.15, -0.1) is 0 Å². The predicted octanol–water partition coefficient (Wildman–Crippen LogP) is 6.43. The maximum atomic E-state index is 13.0. The molecule has 3 aliphatic carbocycles. The van der Waals surface area contributed by atoms with E-state index < -0.39 is 41.1 Å². The van der Waals surface area contributed by atoms with E-state index in [1.807, 2.05) is 53.0 Å². The number of aliphatic hydroxyl groups is 6. The Bertz CT molecular complexity index is 1880. The van der Waals surface area contributed by atoms with Crippen molar-refractivity contribution in [2.24, 2.45) is 40.9 Å². The Balaban J connectivity index is 1.51. The van der Waals surface area contributed by atoms with E-state index in [1.165, 1.54) is 5.56 Å². The number of aldehydes is 1. The van der Waals surface area contributed by atoms with Gasteiger partial charge in [-0.1, -0.05) is 92.3 Å². The third-order valence-corrected chi connectivity index (χ3v) is 15.3. The number of rotatable bonds is 21. The first-order chi connectivity index (χ1) is 31.1. The van der Waals surface area contributed by atoms with Crippen LogP contribution in [0.4, 0.5) is 0 Å². The van der Waals surface area contributed by atoms with Gasteiger partial charge in [-0.05, 0) is 150 Å². The summed E-state index contributed by atoms with van der Waals surface area (Å²) in [5.41, 5.74) is 3.64. The number of aliphatic hydroxyl groups excluding tert-OH is 5. The highest BCUT2D eigenvalue weighted by atomic mass is 16.6. The molecule has 1 aliphatic heterocycles. The Hall–Kier alpha value is -3.07. The summed E-state index contributed by atoms with van der Waals surface area (Å²) in [4.78, 5) is 12.5. The van der Waals surface area contributed by atoms with Crippen molar-refractivity contribution in [1.82, 2.24) is 10.6 Å². The van der Waals surface area contributed by atoms with Gasteiger partial charge in [0.15, 0.2) is 6.29 Å². The minimum Gasteiger partial charge on any atom is -0.396 e. The van der Waals surface area contributed by atoms with E-state index in [-0.39, 0.29) is 49.4 Å². The summed E-state index contributed by atoms with van der Waals surface area (Å²) in [5.74, 6) is -0.906. The van der Waals surface area contributed by atoms with Crippen LogP contribution in [-0.2, 0) is 27.1 Å². The number of carbonyl (C=O) groups excluding carboxylic acids is 1. The molecular weight excluding hydrogens is 821 g/mol. The molecule has 2 fully saturated rings. The molecule has 8 N–H and O–H groups in total. The van der Waals surface area contributed by atoms with Crippen molar-refractivity contribution < 1.29 is 44.9 Å². The number of ether oxygens (including phenoxy) is 2. The number of allylic oxidation sites excluding steroid dienone is 9. The zero-order valence-electron chi connectivity index (χ0n) is 40.2. The third-order valence-electron chi connectivity index (χ3n) is 15.3. The van der Waals surface area contributed by atoms with Gasteiger partial charge in [0.2, 0.25) is 0 Å². The third kappa shape index (κ3) is 12.5. The molecule has 2 saturated carbocycles. The second-order valence-corrected chi connectivity index (χ2v) is 20.2. The molecule has 11 atom stereocenters. The lowest BCUT2D eigenvalue weighted by Gasteiger charge is -2.61. The minimum absolute atomic E-state index is 0.00321. The highest BCUT2D eigenvalue weighted by Crippen LogP contribution is 2.67. The van der Waals surface area contributed by atoms with Crippen LogP contribution in [0.5, 0.6) is 0 Å². The number of hydrogen-bond acceptors (Lipinski definition) is 11. The van der Waals surface area contributed by atoms with Crippen LogP contribution in [0, 0.1) is 40.9 Å². The van der Waals surface area contributed by atoms with Crippen LogP contribution in [0.2, 0.25) is 0 Å². The largest absolute Gasteiger partial charge is 0.396 e. The normalized spacial score (nSPS) is 34.0. The van der Waals surface area contributed by atoms with Crippen molar-refractivity contribution in [2.75, 3.05) is 47.1 Å². The van der Waals surface area contributed by atoms with Gasteiger partial charge in [0.05, 0.1) is 18.3 Å². The molecule has 4 bridgehead atoms. The lowest BCUT2D eigenvalue weighted by molar-refractivity contribution is -0.194. The maximum absolute atomic E-state index is 13.0. The highest BCUT2D eigenvalue weighted by Gasteiger charge is 2.68. The molecule has 1 aromatic rings. The molecule has 362 valence electrons. The molecule has 11 heteroatoms. The van der Waals surface area contributed by atoms with Crippen molar-refractivity contribution in [3.63, 3.8) is 0 Å². The van der Waals surface area contributed by atoms with Crippen LogP contribution in [0.3, 0.4) is 0 Å². The number of nitrogens with one attached hydrogen (secondary N) is 2. The van der Waals surface area contributed by atoms with Crippen molar-refractivity contribution in [3.05, 3.63) is 106 Å².